The number of carbonyl (C=O) groups excluding carboxylic acids is 1. The number of nitrogens with zero attached hydrogens (tertiary/aromatic N) is 1. The highest BCUT2D eigenvalue weighted by Gasteiger charge is 2.45. The van der Waals surface area contributed by atoms with Gasteiger partial charge in [0.25, 0.3) is 6.43 Å². The van der Waals surface area contributed by atoms with Crippen molar-refractivity contribution in [1.29, 1.82) is 0 Å². The fourth-order valence-corrected chi connectivity index (χ4v) is 4.41. The second-order valence-corrected chi connectivity index (χ2v) is 7.13. The van der Waals surface area contributed by atoms with Gasteiger partial charge in [0.15, 0.2) is 0 Å². The molecule has 0 radical (unpaired) electrons. The molecule has 2 aliphatic heterocycles. The van der Waals surface area contributed by atoms with E-state index in [0.29, 0.717) is 13.1 Å². The maximum Gasteiger partial charge on any atom is 0.251 e. The third-order valence-electron chi connectivity index (χ3n) is 4.85. The van der Waals surface area contributed by atoms with E-state index in [2.05, 4.69) is 27.3 Å². The minimum absolute atomic E-state index is 0.169. The first kappa shape index (κ1) is 16.0. The Morgan fingerprint density at radius 2 is 2.14 bits per heavy atom. The zero-order valence-corrected chi connectivity index (χ0v) is 14.0. The average molecular weight is 373 g/mol. The van der Waals surface area contributed by atoms with Gasteiger partial charge in [0.2, 0.25) is 0 Å². The van der Waals surface area contributed by atoms with Gasteiger partial charge in [-0.1, -0.05) is 15.9 Å². The number of likely N-dealkylation sites (tertiary alicyclic amines) is 1. The van der Waals surface area contributed by atoms with E-state index in [1.54, 1.807) is 4.90 Å². The van der Waals surface area contributed by atoms with Crippen LogP contribution in [0.2, 0.25) is 0 Å². The number of halogens is 3. The Kier molecular flexibility index (Phi) is 4.36. The topological polar surface area (TPSA) is 32.3 Å². The molecular formula is C16H19BrF2N2O. The van der Waals surface area contributed by atoms with Crippen LogP contribution in [0.3, 0.4) is 0 Å². The van der Waals surface area contributed by atoms with Crippen molar-refractivity contribution >= 4 is 22.2 Å². The number of hydrogen-bond donors (Lipinski definition) is 1. The number of alkyl halides is 2. The first-order chi connectivity index (χ1) is 10.4. The highest BCUT2D eigenvalue weighted by atomic mass is 79.9. The summed E-state index contributed by atoms with van der Waals surface area (Å²) in [5, 5.41) is 3.46. The van der Waals surface area contributed by atoms with Crippen LogP contribution in [0, 0.1) is 6.92 Å². The number of benzene rings is 1. The van der Waals surface area contributed by atoms with E-state index in [4.69, 9.17) is 0 Å². The predicted octanol–water partition coefficient (Wildman–Crippen LogP) is 3.16. The molecule has 1 saturated heterocycles. The molecule has 1 spiro atoms. The van der Waals surface area contributed by atoms with E-state index >= 15 is 0 Å². The predicted molar refractivity (Wildman–Crippen MR) is 84.2 cm³/mol. The largest absolute Gasteiger partial charge is 0.301 e. The molecule has 2 aliphatic rings. The van der Waals surface area contributed by atoms with Gasteiger partial charge in [-0.05, 0) is 48.6 Å². The van der Waals surface area contributed by atoms with Crippen LogP contribution in [-0.4, -0.2) is 37.2 Å². The number of piperidine rings is 1. The fourth-order valence-electron chi connectivity index (χ4n) is 3.84. The molecule has 0 saturated carbocycles. The Balaban J connectivity index is 1.90. The molecule has 1 aromatic carbocycles. The van der Waals surface area contributed by atoms with Gasteiger partial charge in [0.1, 0.15) is 6.29 Å². The van der Waals surface area contributed by atoms with Gasteiger partial charge in [-0.3, -0.25) is 10.2 Å². The van der Waals surface area contributed by atoms with Crippen LogP contribution in [-0.2, 0) is 10.3 Å². The van der Waals surface area contributed by atoms with Gasteiger partial charge in [-0.2, -0.15) is 0 Å². The van der Waals surface area contributed by atoms with Crippen molar-refractivity contribution in [2.24, 2.45) is 0 Å². The van der Waals surface area contributed by atoms with Crippen LogP contribution in [0.25, 0.3) is 0 Å². The molecular weight excluding hydrogens is 354 g/mol. The molecule has 1 fully saturated rings. The lowest BCUT2D eigenvalue weighted by Crippen LogP contribution is -2.49. The van der Waals surface area contributed by atoms with Crippen molar-refractivity contribution in [3.05, 3.63) is 33.3 Å². The summed E-state index contributed by atoms with van der Waals surface area (Å²) in [6, 6.07) is 3.79. The van der Waals surface area contributed by atoms with Crippen molar-refractivity contribution in [1.82, 2.24) is 10.2 Å². The number of rotatable bonds is 3. The zero-order valence-electron chi connectivity index (χ0n) is 12.4. The molecule has 3 nitrogen and oxygen atoms in total. The summed E-state index contributed by atoms with van der Waals surface area (Å²) in [4.78, 5) is 13.3. The number of nitrogens with one attached hydrogen (secondary N) is 1. The molecule has 22 heavy (non-hydrogen) atoms. The number of fused-ring (bicyclic) bond motifs is 2. The lowest BCUT2D eigenvalue weighted by atomic mass is 9.81. The summed E-state index contributed by atoms with van der Waals surface area (Å²) in [6.45, 7) is 3.08. The van der Waals surface area contributed by atoms with Gasteiger partial charge < -0.3 is 4.79 Å². The Bertz CT molecular complexity index is 586. The van der Waals surface area contributed by atoms with E-state index in [-0.39, 0.29) is 18.1 Å². The van der Waals surface area contributed by atoms with Gasteiger partial charge in [0, 0.05) is 23.1 Å². The molecule has 0 bridgehead atoms. The zero-order chi connectivity index (χ0) is 15.9. The molecule has 0 amide bonds. The normalized spacial score (nSPS) is 24.0. The third-order valence-corrected chi connectivity index (χ3v) is 5.31. The maximum atomic E-state index is 12.5. The first-order valence-electron chi connectivity index (χ1n) is 7.49. The van der Waals surface area contributed by atoms with Crippen LogP contribution in [0.15, 0.2) is 16.6 Å². The van der Waals surface area contributed by atoms with Gasteiger partial charge >= 0.3 is 0 Å². The number of aldehydes is 1. The Morgan fingerprint density at radius 3 is 2.73 bits per heavy atom. The molecule has 6 heteroatoms. The fraction of sp³-hybridized carbons (Fsp3) is 0.562. The summed E-state index contributed by atoms with van der Waals surface area (Å²) >= 11 is 3.53. The molecule has 1 N–H and O–H groups in total. The summed E-state index contributed by atoms with van der Waals surface area (Å²) in [7, 11) is 0. The molecule has 1 aromatic rings. The second-order valence-electron chi connectivity index (χ2n) is 6.22. The third kappa shape index (κ3) is 2.72. The second kappa shape index (κ2) is 5.98. The number of hydrogen-bond acceptors (Lipinski definition) is 3. The van der Waals surface area contributed by atoms with Crippen LogP contribution in [0.5, 0.6) is 0 Å². The Hall–Kier alpha value is -0.850. The quantitative estimate of drug-likeness (QED) is 0.827. The summed E-state index contributed by atoms with van der Waals surface area (Å²) < 4.78 is 26.1. The standard InChI is InChI=1S/C16H19BrF2N2O/c1-10-6-11(17)7-12-15(10)13(9-22)20-16(12)2-4-21(5-3-16)8-14(18)19/h6-7,9,13-14,20H,2-5,8H2,1H3. The Labute approximate surface area is 137 Å². The van der Waals surface area contributed by atoms with Crippen molar-refractivity contribution in [3.8, 4) is 0 Å². The molecule has 2 heterocycles. The van der Waals surface area contributed by atoms with Gasteiger partial charge in [0.05, 0.1) is 12.6 Å². The van der Waals surface area contributed by atoms with E-state index in [9.17, 15) is 13.6 Å². The number of aryl methyl sites for hydroxylation is 1. The minimum atomic E-state index is -2.29. The highest BCUT2D eigenvalue weighted by molar-refractivity contribution is 9.10. The monoisotopic (exact) mass is 372 g/mol. The summed E-state index contributed by atoms with van der Waals surface area (Å²) in [6.07, 6.45) is 0.136. The van der Waals surface area contributed by atoms with E-state index in [0.717, 1.165) is 40.3 Å². The Morgan fingerprint density at radius 1 is 1.45 bits per heavy atom. The smallest absolute Gasteiger partial charge is 0.251 e. The van der Waals surface area contributed by atoms with E-state index in [1.165, 1.54) is 0 Å². The molecule has 0 aliphatic carbocycles. The van der Waals surface area contributed by atoms with E-state index in [1.807, 2.05) is 13.0 Å². The molecule has 0 aromatic heterocycles. The lowest BCUT2D eigenvalue weighted by molar-refractivity contribution is -0.110. The number of carbonyl (C=O) groups is 1. The van der Waals surface area contributed by atoms with Crippen molar-refractivity contribution in [2.45, 2.75) is 37.8 Å². The lowest BCUT2D eigenvalue weighted by Gasteiger charge is -2.40. The van der Waals surface area contributed by atoms with Crippen molar-refractivity contribution in [3.63, 3.8) is 0 Å². The van der Waals surface area contributed by atoms with Crippen LogP contribution in [0.1, 0.15) is 35.6 Å². The van der Waals surface area contributed by atoms with Crippen molar-refractivity contribution in [2.75, 3.05) is 19.6 Å². The highest BCUT2D eigenvalue weighted by Crippen LogP contribution is 2.45. The van der Waals surface area contributed by atoms with Crippen LogP contribution >= 0.6 is 15.9 Å². The van der Waals surface area contributed by atoms with Crippen LogP contribution < -0.4 is 5.32 Å². The molecule has 3 rings (SSSR count). The van der Waals surface area contributed by atoms with Gasteiger partial charge in [-0.15, -0.1) is 0 Å². The minimum Gasteiger partial charge on any atom is -0.301 e. The first-order valence-corrected chi connectivity index (χ1v) is 8.28. The van der Waals surface area contributed by atoms with Crippen molar-refractivity contribution < 1.29 is 13.6 Å². The molecule has 120 valence electrons. The van der Waals surface area contributed by atoms with Crippen LogP contribution in [0.4, 0.5) is 8.78 Å². The molecule has 1 unspecified atom stereocenters. The van der Waals surface area contributed by atoms with E-state index < -0.39 is 6.43 Å². The van der Waals surface area contributed by atoms with Gasteiger partial charge in [-0.25, -0.2) is 8.78 Å². The summed E-state index contributed by atoms with van der Waals surface area (Å²) in [5.41, 5.74) is 3.02. The SMILES string of the molecule is Cc1cc(Br)cc2c1C(C=O)NC21CCN(CC(F)F)CC1. The average Bonchev–Trinajstić information content (AvgIpc) is 2.76. The summed E-state index contributed by atoms with van der Waals surface area (Å²) in [5.74, 6) is 0. The maximum absolute atomic E-state index is 12.5. The molecule has 1 atom stereocenters.